The number of hydrogen-bond donors (Lipinski definition) is 2. The van der Waals surface area contributed by atoms with Gasteiger partial charge in [-0.3, -0.25) is 4.79 Å². The van der Waals surface area contributed by atoms with Gasteiger partial charge in [0, 0.05) is 11.1 Å². The number of carboxylic acid groups (broad SMARTS) is 1. The van der Waals surface area contributed by atoms with Gasteiger partial charge in [-0.1, -0.05) is 17.7 Å². The van der Waals surface area contributed by atoms with Crippen LogP contribution < -0.4 is 10.1 Å². The van der Waals surface area contributed by atoms with Gasteiger partial charge in [-0.2, -0.15) is 0 Å². The molecule has 0 aliphatic heterocycles. The van der Waals surface area contributed by atoms with Gasteiger partial charge in [0.25, 0.3) is 5.91 Å². The molecule has 1 amide bonds. The number of benzene rings is 2. The average molecular weight is 351 g/mol. The van der Waals surface area contributed by atoms with E-state index in [4.69, 9.17) is 14.3 Å². The van der Waals surface area contributed by atoms with E-state index in [0.29, 0.717) is 28.3 Å². The summed E-state index contributed by atoms with van der Waals surface area (Å²) in [6, 6.07) is 15.3. The van der Waals surface area contributed by atoms with Gasteiger partial charge in [0.15, 0.2) is 0 Å². The van der Waals surface area contributed by atoms with Crippen molar-refractivity contribution in [3.63, 3.8) is 0 Å². The van der Waals surface area contributed by atoms with Gasteiger partial charge in [0.2, 0.25) is 5.76 Å². The first kappa shape index (κ1) is 17.3. The molecule has 0 aliphatic rings. The quantitative estimate of drug-likeness (QED) is 0.719. The number of carbonyl (C=O) groups excluding carboxylic acids is 1. The number of hydrogen-bond acceptors (Lipinski definition) is 4. The first-order chi connectivity index (χ1) is 12.5. The van der Waals surface area contributed by atoms with Crippen LogP contribution in [0, 0.1) is 6.92 Å². The molecule has 2 N–H and O–H groups in total. The molecule has 1 heterocycles. The highest BCUT2D eigenvalue weighted by Gasteiger charge is 2.14. The summed E-state index contributed by atoms with van der Waals surface area (Å²) in [5, 5.41) is 11.8. The molecular formula is C20H17NO5. The SMILES string of the molecule is COc1ccc(-c2ccc(C(=O)O)o2)cc1NC(=O)c1cccc(C)c1. The van der Waals surface area contributed by atoms with Crippen LogP contribution in [0.25, 0.3) is 11.3 Å². The van der Waals surface area contributed by atoms with Crippen molar-refractivity contribution in [3.8, 4) is 17.1 Å². The Balaban J connectivity index is 1.92. The van der Waals surface area contributed by atoms with Crippen LogP contribution in [0.2, 0.25) is 0 Å². The minimum atomic E-state index is -1.14. The Hall–Kier alpha value is -3.54. The Morgan fingerprint density at radius 3 is 2.54 bits per heavy atom. The van der Waals surface area contributed by atoms with Crippen molar-refractivity contribution in [1.82, 2.24) is 0 Å². The second-order valence-electron chi connectivity index (χ2n) is 5.71. The van der Waals surface area contributed by atoms with E-state index in [-0.39, 0.29) is 11.7 Å². The van der Waals surface area contributed by atoms with Crippen LogP contribution in [0.5, 0.6) is 5.75 Å². The minimum absolute atomic E-state index is 0.152. The van der Waals surface area contributed by atoms with Crippen LogP contribution in [-0.2, 0) is 0 Å². The molecule has 1 aromatic heterocycles. The van der Waals surface area contributed by atoms with Crippen LogP contribution in [0.1, 0.15) is 26.5 Å². The number of aromatic carboxylic acids is 1. The van der Waals surface area contributed by atoms with Gasteiger partial charge in [0.05, 0.1) is 12.8 Å². The number of ether oxygens (including phenoxy) is 1. The Bertz CT molecular complexity index is 974. The van der Waals surface area contributed by atoms with Crippen LogP contribution in [-0.4, -0.2) is 24.1 Å². The van der Waals surface area contributed by atoms with Gasteiger partial charge >= 0.3 is 5.97 Å². The monoisotopic (exact) mass is 351 g/mol. The van der Waals surface area contributed by atoms with Gasteiger partial charge in [0.1, 0.15) is 11.5 Å². The van der Waals surface area contributed by atoms with Crippen molar-refractivity contribution in [2.24, 2.45) is 0 Å². The number of rotatable bonds is 5. The molecule has 0 radical (unpaired) electrons. The summed E-state index contributed by atoms with van der Waals surface area (Å²) in [6.07, 6.45) is 0. The molecular weight excluding hydrogens is 334 g/mol. The molecule has 0 saturated carbocycles. The third-order valence-corrected chi connectivity index (χ3v) is 3.83. The summed E-state index contributed by atoms with van der Waals surface area (Å²) in [4.78, 5) is 23.5. The van der Waals surface area contributed by atoms with E-state index in [2.05, 4.69) is 5.32 Å². The highest BCUT2D eigenvalue weighted by atomic mass is 16.5. The van der Waals surface area contributed by atoms with Crippen molar-refractivity contribution in [3.05, 3.63) is 71.5 Å². The van der Waals surface area contributed by atoms with E-state index in [9.17, 15) is 9.59 Å². The predicted molar refractivity (Wildman–Crippen MR) is 96.8 cm³/mol. The van der Waals surface area contributed by atoms with E-state index in [1.165, 1.54) is 13.2 Å². The molecule has 0 spiro atoms. The Morgan fingerprint density at radius 1 is 1.08 bits per heavy atom. The lowest BCUT2D eigenvalue weighted by Crippen LogP contribution is -2.12. The summed E-state index contributed by atoms with van der Waals surface area (Å²) in [5.74, 6) is -0.690. The van der Waals surface area contributed by atoms with E-state index < -0.39 is 5.97 Å². The van der Waals surface area contributed by atoms with E-state index in [1.807, 2.05) is 19.1 Å². The maximum absolute atomic E-state index is 12.5. The summed E-state index contributed by atoms with van der Waals surface area (Å²) in [5.41, 5.74) is 2.60. The Morgan fingerprint density at radius 2 is 1.88 bits per heavy atom. The lowest BCUT2D eigenvalue weighted by molar-refractivity contribution is 0.0663. The van der Waals surface area contributed by atoms with Crippen molar-refractivity contribution >= 4 is 17.6 Å². The van der Waals surface area contributed by atoms with Crippen molar-refractivity contribution in [2.75, 3.05) is 12.4 Å². The van der Waals surface area contributed by atoms with Crippen LogP contribution in [0.15, 0.2) is 59.0 Å². The average Bonchev–Trinajstić information content (AvgIpc) is 3.12. The van der Waals surface area contributed by atoms with Crippen molar-refractivity contribution in [1.29, 1.82) is 0 Å². The molecule has 3 aromatic rings. The van der Waals surface area contributed by atoms with Crippen LogP contribution in [0.3, 0.4) is 0 Å². The fraction of sp³-hybridized carbons (Fsp3) is 0.100. The topological polar surface area (TPSA) is 88.8 Å². The fourth-order valence-corrected chi connectivity index (χ4v) is 2.55. The highest BCUT2D eigenvalue weighted by Crippen LogP contribution is 2.32. The second kappa shape index (κ2) is 7.14. The molecule has 0 saturated heterocycles. The summed E-state index contributed by atoms with van der Waals surface area (Å²) >= 11 is 0. The zero-order valence-electron chi connectivity index (χ0n) is 14.3. The number of anilines is 1. The molecule has 132 valence electrons. The van der Waals surface area contributed by atoms with Gasteiger partial charge in [-0.25, -0.2) is 4.79 Å². The van der Waals surface area contributed by atoms with Crippen molar-refractivity contribution < 1.29 is 23.8 Å². The van der Waals surface area contributed by atoms with Gasteiger partial charge in [-0.05, 0) is 49.4 Å². The third-order valence-electron chi connectivity index (χ3n) is 3.83. The maximum Gasteiger partial charge on any atom is 0.371 e. The van der Waals surface area contributed by atoms with Gasteiger partial charge in [-0.15, -0.1) is 0 Å². The molecule has 0 atom stereocenters. The largest absolute Gasteiger partial charge is 0.495 e. The summed E-state index contributed by atoms with van der Waals surface area (Å²) < 4.78 is 10.6. The summed E-state index contributed by atoms with van der Waals surface area (Å²) in [6.45, 7) is 1.91. The highest BCUT2D eigenvalue weighted by molar-refractivity contribution is 6.05. The number of nitrogens with one attached hydrogen (secondary N) is 1. The smallest absolute Gasteiger partial charge is 0.371 e. The fourth-order valence-electron chi connectivity index (χ4n) is 2.55. The molecule has 0 aliphatic carbocycles. The zero-order valence-corrected chi connectivity index (χ0v) is 14.3. The first-order valence-corrected chi connectivity index (χ1v) is 7.87. The second-order valence-corrected chi connectivity index (χ2v) is 5.71. The number of amides is 1. The number of carboxylic acids is 1. The maximum atomic E-state index is 12.5. The molecule has 6 heteroatoms. The first-order valence-electron chi connectivity index (χ1n) is 7.87. The molecule has 3 rings (SSSR count). The number of carbonyl (C=O) groups is 2. The van der Waals surface area contributed by atoms with Crippen molar-refractivity contribution in [2.45, 2.75) is 6.92 Å². The lowest BCUT2D eigenvalue weighted by Gasteiger charge is -2.12. The zero-order chi connectivity index (χ0) is 18.7. The standard InChI is InChI=1S/C20H17NO5/c1-12-4-3-5-14(10-12)19(22)21-15-11-13(6-7-17(15)25-2)16-8-9-18(26-16)20(23)24/h3-11H,1-2H3,(H,21,22)(H,23,24). The van der Waals surface area contributed by atoms with Crippen LogP contribution >= 0.6 is 0 Å². The lowest BCUT2D eigenvalue weighted by atomic mass is 10.1. The molecule has 0 bridgehead atoms. The number of aryl methyl sites for hydroxylation is 1. The molecule has 26 heavy (non-hydrogen) atoms. The van der Waals surface area contributed by atoms with E-state index in [1.54, 1.807) is 36.4 Å². The predicted octanol–water partition coefficient (Wildman–Crippen LogP) is 4.21. The molecule has 6 nitrogen and oxygen atoms in total. The molecule has 0 fully saturated rings. The number of methoxy groups -OCH3 is 1. The van der Waals surface area contributed by atoms with E-state index >= 15 is 0 Å². The Labute approximate surface area is 150 Å². The van der Waals surface area contributed by atoms with Gasteiger partial charge < -0.3 is 19.6 Å². The number of furan rings is 1. The minimum Gasteiger partial charge on any atom is -0.495 e. The van der Waals surface area contributed by atoms with E-state index in [0.717, 1.165) is 5.56 Å². The molecule has 2 aromatic carbocycles. The summed E-state index contributed by atoms with van der Waals surface area (Å²) in [7, 11) is 1.51. The van der Waals surface area contributed by atoms with Crippen LogP contribution in [0.4, 0.5) is 5.69 Å². The normalized spacial score (nSPS) is 10.4. The molecule has 0 unspecified atom stereocenters. The Kier molecular flexibility index (Phi) is 4.75. The third kappa shape index (κ3) is 3.59.